The van der Waals surface area contributed by atoms with E-state index in [9.17, 15) is 9.18 Å². The highest BCUT2D eigenvalue weighted by atomic mass is 32.1. The van der Waals surface area contributed by atoms with Gasteiger partial charge in [0.1, 0.15) is 5.82 Å². The van der Waals surface area contributed by atoms with Crippen LogP contribution < -0.4 is 5.73 Å². The fraction of sp³-hybridized carbons (Fsp3) is 0.333. The molecule has 0 aliphatic rings. The SMILES string of the molecule is CCN(CC(N)=S)C(=O)c1cc(C)cc(F)c1. The Hall–Kier alpha value is -1.49. The van der Waals surface area contributed by atoms with Gasteiger partial charge >= 0.3 is 0 Å². The minimum atomic E-state index is -0.417. The standard InChI is InChI=1S/C12H15FN2OS/c1-3-15(7-11(14)17)12(16)9-4-8(2)5-10(13)6-9/h4-6H,3,7H2,1-2H3,(H2,14,17). The molecule has 1 rings (SSSR count). The van der Waals surface area contributed by atoms with E-state index in [2.05, 4.69) is 0 Å². The highest BCUT2D eigenvalue weighted by Crippen LogP contribution is 2.11. The zero-order valence-corrected chi connectivity index (χ0v) is 10.7. The predicted molar refractivity (Wildman–Crippen MR) is 69.5 cm³/mol. The van der Waals surface area contributed by atoms with Gasteiger partial charge in [0.2, 0.25) is 0 Å². The first kappa shape index (κ1) is 13.6. The number of rotatable bonds is 4. The maximum Gasteiger partial charge on any atom is 0.254 e. The molecule has 0 bridgehead atoms. The van der Waals surface area contributed by atoms with Crippen molar-refractivity contribution in [2.24, 2.45) is 5.73 Å². The van der Waals surface area contributed by atoms with E-state index in [1.807, 2.05) is 6.92 Å². The Labute approximate surface area is 105 Å². The first-order valence-electron chi connectivity index (χ1n) is 5.28. The molecule has 0 aromatic heterocycles. The van der Waals surface area contributed by atoms with Gasteiger partial charge in [0.15, 0.2) is 0 Å². The zero-order chi connectivity index (χ0) is 13.0. The van der Waals surface area contributed by atoms with Crippen LogP contribution in [0.3, 0.4) is 0 Å². The average molecular weight is 254 g/mol. The number of hydrogen-bond donors (Lipinski definition) is 1. The summed E-state index contributed by atoms with van der Waals surface area (Å²) < 4.78 is 13.2. The highest BCUT2D eigenvalue weighted by Gasteiger charge is 2.15. The van der Waals surface area contributed by atoms with Gasteiger partial charge in [0, 0.05) is 12.1 Å². The molecule has 0 fully saturated rings. The van der Waals surface area contributed by atoms with Crippen LogP contribution in [0, 0.1) is 12.7 Å². The number of benzene rings is 1. The molecule has 0 radical (unpaired) electrons. The first-order chi connectivity index (χ1) is 7.93. The number of amides is 1. The molecule has 92 valence electrons. The van der Waals surface area contributed by atoms with E-state index in [0.29, 0.717) is 17.7 Å². The molecule has 0 saturated heterocycles. The van der Waals surface area contributed by atoms with Crippen molar-refractivity contribution in [1.82, 2.24) is 4.90 Å². The van der Waals surface area contributed by atoms with Gasteiger partial charge in [-0.2, -0.15) is 0 Å². The summed E-state index contributed by atoms with van der Waals surface area (Å²) in [6.07, 6.45) is 0. The number of nitrogens with zero attached hydrogens (tertiary/aromatic N) is 1. The van der Waals surface area contributed by atoms with E-state index in [0.717, 1.165) is 0 Å². The van der Waals surface area contributed by atoms with Gasteiger partial charge in [0.05, 0.1) is 11.5 Å². The van der Waals surface area contributed by atoms with Crippen LogP contribution in [0.15, 0.2) is 18.2 Å². The van der Waals surface area contributed by atoms with Gasteiger partial charge in [-0.05, 0) is 37.6 Å². The van der Waals surface area contributed by atoms with Gasteiger partial charge in [-0.3, -0.25) is 4.79 Å². The summed E-state index contributed by atoms with van der Waals surface area (Å²) in [5.41, 5.74) is 6.44. The van der Waals surface area contributed by atoms with Crippen molar-refractivity contribution in [3.05, 3.63) is 35.1 Å². The number of halogens is 1. The van der Waals surface area contributed by atoms with Crippen molar-refractivity contribution >= 4 is 23.1 Å². The van der Waals surface area contributed by atoms with E-state index >= 15 is 0 Å². The molecule has 3 nitrogen and oxygen atoms in total. The Morgan fingerprint density at radius 3 is 2.59 bits per heavy atom. The Morgan fingerprint density at radius 2 is 2.12 bits per heavy atom. The van der Waals surface area contributed by atoms with E-state index < -0.39 is 5.82 Å². The molecule has 0 spiro atoms. The molecule has 0 heterocycles. The van der Waals surface area contributed by atoms with Gasteiger partial charge in [-0.25, -0.2) is 4.39 Å². The normalized spacial score (nSPS) is 10.1. The summed E-state index contributed by atoms with van der Waals surface area (Å²) in [7, 11) is 0. The molecule has 1 amide bonds. The number of carbonyl (C=O) groups is 1. The quantitative estimate of drug-likeness (QED) is 0.835. The molecule has 2 N–H and O–H groups in total. The second-order valence-electron chi connectivity index (χ2n) is 3.80. The Bertz CT molecular complexity index is 428. The summed E-state index contributed by atoms with van der Waals surface area (Å²) in [6, 6.07) is 4.24. The van der Waals surface area contributed by atoms with Crippen molar-refractivity contribution in [2.75, 3.05) is 13.1 Å². The average Bonchev–Trinajstić information content (AvgIpc) is 2.23. The van der Waals surface area contributed by atoms with Gasteiger partial charge in [0.25, 0.3) is 5.91 Å². The molecular weight excluding hydrogens is 239 g/mol. The number of aryl methyl sites for hydroxylation is 1. The second-order valence-corrected chi connectivity index (χ2v) is 4.33. The maximum atomic E-state index is 13.2. The number of likely N-dealkylation sites (N-methyl/N-ethyl adjacent to an activating group) is 1. The van der Waals surface area contributed by atoms with Gasteiger partial charge in [-0.15, -0.1) is 0 Å². The van der Waals surface area contributed by atoms with Crippen LogP contribution in [0.25, 0.3) is 0 Å². The molecule has 0 atom stereocenters. The second kappa shape index (κ2) is 5.72. The summed E-state index contributed by atoms with van der Waals surface area (Å²) in [5, 5.41) is 0. The molecule has 17 heavy (non-hydrogen) atoms. The predicted octanol–water partition coefficient (Wildman–Crippen LogP) is 1.88. The Morgan fingerprint density at radius 1 is 1.47 bits per heavy atom. The minimum Gasteiger partial charge on any atom is -0.392 e. The summed E-state index contributed by atoms with van der Waals surface area (Å²) >= 11 is 4.77. The number of nitrogens with two attached hydrogens (primary N) is 1. The topological polar surface area (TPSA) is 46.3 Å². The zero-order valence-electron chi connectivity index (χ0n) is 9.87. The van der Waals surface area contributed by atoms with Crippen molar-refractivity contribution in [2.45, 2.75) is 13.8 Å². The number of carbonyl (C=O) groups excluding carboxylic acids is 1. The summed E-state index contributed by atoms with van der Waals surface area (Å²) in [4.78, 5) is 13.8. The molecule has 0 aliphatic carbocycles. The van der Waals surface area contributed by atoms with E-state index in [1.54, 1.807) is 13.0 Å². The van der Waals surface area contributed by atoms with Crippen molar-refractivity contribution in [1.29, 1.82) is 0 Å². The monoisotopic (exact) mass is 254 g/mol. The van der Waals surface area contributed by atoms with Crippen LogP contribution in [0.5, 0.6) is 0 Å². The van der Waals surface area contributed by atoms with Crippen LogP contribution >= 0.6 is 12.2 Å². The van der Waals surface area contributed by atoms with Gasteiger partial charge < -0.3 is 10.6 Å². The molecule has 0 unspecified atom stereocenters. The van der Waals surface area contributed by atoms with Crippen LogP contribution in [0.2, 0.25) is 0 Å². The van der Waals surface area contributed by atoms with Crippen LogP contribution in [-0.2, 0) is 0 Å². The van der Waals surface area contributed by atoms with Crippen molar-refractivity contribution in [3.63, 3.8) is 0 Å². The first-order valence-corrected chi connectivity index (χ1v) is 5.69. The van der Waals surface area contributed by atoms with Crippen LogP contribution in [0.1, 0.15) is 22.8 Å². The van der Waals surface area contributed by atoms with E-state index in [4.69, 9.17) is 18.0 Å². The number of hydrogen-bond acceptors (Lipinski definition) is 2. The molecule has 1 aromatic rings. The third kappa shape index (κ3) is 3.78. The lowest BCUT2D eigenvalue weighted by atomic mass is 10.1. The van der Waals surface area contributed by atoms with Crippen LogP contribution in [-0.4, -0.2) is 28.9 Å². The molecule has 5 heteroatoms. The lowest BCUT2D eigenvalue weighted by Gasteiger charge is -2.20. The smallest absolute Gasteiger partial charge is 0.254 e. The number of thiocarbonyl (C=S) groups is 1. The largest absolute Gasteiger partial charge is 0.392 e. The fourth-order valence-electron chi connectivity index (χ4n) is 1.56. The molecular formula is C12H15FN2OS. The fourth-order valence-corrected chi connectivity index (χ4v) is 1.71. The van der Waals surface area contributed by atoms with Gasteiger partial charge in [-0.1, -0.05) is 12.2 Å². The Kier molecular flexibility index (Phi) is 4.57. The molecule has 1 aromatic carbocycles. The lowest BCUT2D eigenvalue weighted by Crippen LogP contribution is -2.37. The van der Waals surface area contributed by atoms with Crippen molar-refractivity contribution in [3.8, 4) is 0 Å². The lowest BCUT2D eigenvalue weighted by molar-refractivity contribution is 0.0787. The summed E-state index contributed by atoms with van der Waals surface area (Å²) in [5.74, 6) is -0.678. The Balaban J connectivity index is 2.97. The third-order valence-corrected chi connectivity index (χ3v) is 2.43. The molecule has 0 aliphatic heterocycles. The van der Waals surface area contributed by atoms with Crippen LogP contribution in [0.4, 0.5) is 4.39 Å². The highest BCUT2D eigenvalue weighted by molar-refractivity contribution is 7.80. The van der Waals surface area contributed by atoms with E-state index in [1.165, 1.54) is 17.0 Å². The third-order valence-electron chi connectivity index (χ3n) is 2.30. The minimum absolute atomic E-state index is 0.209. The van der Waals surface area contributed by atoms with E-state index in [-0.39, 0.29) is 17.4 Å². The summed E-state index contributed by atoms with van der Waals surface area (Å²) in [6.45, 7) is 4.25. The maximum absolute atomic E-state index is 13.2. The molecule has 0 saturated carbocycles. The van der Waals surface area contributed by atoms with Crippen molar-refractivity contribution < 1.29 is 9.18 Å².